The van der Waals surface area contributed by atoms with Crippen LogP contribution in [-0.2, 0) is 0 Å². The van der Waals surface area contributed by atoms with E-state index < -0.39 is 0 Å². The lowest BCUT2D eigenvalue weighted by Crippen LogP contribution is -2.30. The topological polar surface area (TPSA) is 20.3 Å². The molecule has 0 N–H and O–H groups in total. The summed E-state index contributed by atoms with van der Waals surface area (Å²) < 4.78 is 0.756. The lowest BCUT2D eigenvalue weighted by molar-refractivity contribution is 0.0735. The minimum atomic E-state index is 0.0715. The Hall–Kier alpha value is -0.840. The van der Waals surface area contributed by atoms with E-state index in [0.29, 0.717) is 10.6 Å². The lowest BCUT2D eigenvalue weighted by Gasteiger charge is -2.24. The molecule has 1 amide bonds. The second-order valence-corrected chi connectivity index (χ2v) is 6.91. The Bertz CT molecular complexity index is 629. The van der Waals surface area contributed by atoms with Crippen molar-refractivity contribution in [3.63, 3.8) is 0 Å². The fraction of sp³-hybridized carbons (Fsp3) is 0.267. The van der Waals surface area contributed by atoms with Crippen molar-refractivity contribution in [2.75, 3.05) is 6.54 Å². The smallest absolute Gasteiger partial charge is 0.255 e. The summed E-state index contributed by atoms with van der Waals surface area (Å²) in [7, 11) is 0. The molecule has 1 aromatic heterocycles. The Morgan fingerprint density at radius 3 is 2.95 bits per heavy atom. The molecule has 0 radical (unpaired) electrons. The average Bonchev–Trinajstić information content (AvgIpc) is 3.09. The van der Waals surface area contributed by atoms with E-state index in [-0.39, 0.29) is 11.9 Å². The Morgan fingerprint density at radius 1 is 1.40 bits per heavy atom. The Kier molecular flexibility index (Phi) is 4.15. The maximum absolute atomic E-state index is 12.7. The number of hydrogen-bond donors (Lipinski definition) is 0. The number of nitrogens with zero attached hydrogens (tertiary/aromatic N) is 1. The first kappa shape index (κ1) is 14.1. The number of rotatable bonds is 2. The molecule has 104 valence electrons. The molecule has 5 heteroatoms. The van der Waals surface area contributed by atoms with Gasteiger partial charge >= 0.3 is 0 Å². The van der Waals surface area contributed by atoms with Crippen LogP contribution in [0.2, 0.25) is 5.02 Å². The number of carbonyl (C=O) groups is 1. The van der Waals surface area contributed by atoms with Crippen molar-refractivity contribution < 1.29 is 4.79 Å². The molecule has 0 aliphatic carbocycles. The minimum Gasteiger partial charge on any atom is -0.332 e. The van der Waals surface area contributed by atoms with Gasteiger partial charge in [-0.1, -0.05) is 11.6 Å². The van der Waals surface area contributed by atoms with E-state index in [2.05, 4.69) is 32.8 Å². The summed E-state index contributed by atoms with van der Waals surface area (Å²) in [5.41, 5.74) is 1.92. The van der Waals surface area contributed by atoms with Crippen molar-refractivity contribution >= 4 is 44.8 Å². The van der Waals surface area contributed by atoms with Crippen molar-refractivity contribution in [1.29, 1.82) is 0 Å². The largest absolute Gasteiger partial charge is 0.332 e. The molecule has 1 aliphatic rings. The maximum Gasteiger partial charge on any atom is 0.255 e. The predicted octanol–water partition coefficient (Wildman–Crippen LogP) is 5.14. The third-order valence-corrected chi connectivity index (χ3v) is 5.20. The molecule has 2 aromatic rings. The number of carbonyl (C=O) groups excluding carboxylic acids is 1. The van der Waals surface area contributed by atoms with Gasteiger partial charge in [-0.25, -0.2) is 0 Å². The van der Waals surface area contributed by atoms with Crippen LogP contribution in [0.5, 0.6) is 0 Å². The van der Waals surface area contributed by atoms with Crippen molar-refractivity contribution in [3.8, 4) is 0 Å². The highest BCUT2D eigenvalue weighted by molar-refractivity contribution is 9.10. The van der Waals surface area contributed by atoms with Crippen molar-refractivity contribution in [1.82, 2.24) is 4.90 Å². The molecule has 20 heavy (non-hydrogen) atoms. The highest BCUT2D eigenvalue weighted by atomic mass is 79.9. The van der Waals surface area contributed by atoms with Crippen LogP contribution in [-0.4, -0.2) is 17.4 Å². The molecule has 0 spiro atoms. The highest BCUT2D eigenvalue weighted by Crippen LogP contribution is 2.35. The van der Waals surface area contributed by atoms with E-state index >= 15 is 0 Å². The summed E-state index contributed by atoms with van der Waals surface area (Å²) >= 11 is 11.0. The molecular formula is C15H13BrClNOS. The van der Waals surface area contributed by atoms with Gasteiger partial charge in [-0.15, -0.1) is 0 Å². The van der Waals surface area contributed by atoms with Gasteiger partial charge in [0.1, 0.15) is 0 Å². The summed E-state index contributed by atoms with van der Waals surface area (Å²) in [6, 6.07) is 7.63. The molecule has 1 atom stereocenters. The van der Waals surface area contributed by atoms with Gasteiger partial charge in [0.05, 0.1) is 11.6 Å². The summed E-state index contributed by atoms with van der Waals surface area (Å²) in [5, 5.41) is 4.83. The second-order valence-electron chi connectivity index (χ2n) is 4.84. The standard InChI is InChI=1S/C15H13BrClNOS/c16-13-8-11(17)3-4-12(13)15(19)18-6-1-2-14(18)10-5-7-20-9-10/h3-5,7-9,14H,1-2,6H2. The molecule has 2 nitrogen and oxygen atoms in total. The lowest BCUT2D eigenvalue weighted by atomic mass is 10.1. The maximum atomic E-state index is 12.7. The van der Waals surface area contributed by atoms with Crippen LogP contribution in [0.15, 0.2) is 39.5 Å². The number of thiophene rings is 1. The zero-order valence-corrected chi connectivity index (χ0v) is 13.8. The predicted molar refractivity (Wildman–Crippen MR) is 86.5 cm³/mol. The van der Waals surface area contributed by atoms with E-state index in [4.69, 9.17) is 11.6 Å². The Balaban J connectivity index is 1.89. The number of hydrogen-bond acceptors (Lipinski definition) is 2. The van der Waals surface area contributed by atoms with E-state index in [9.17, 15) is 4.79 Å². The zero-order chi connectivity index (χ0) is 14.1. The van der Waals surface area contributed by atoms with Gasteiger partial charge in [0.15, 0.2) is 0 Å². The van der Waals surface area contributed by atoms with Gasteiger partial charge in [0, 0.05) is 16.0 Å². The number of amides is 1. The van der Waals surface area contributed by atoms with E-state index in [1.54, 1.807) is 29.5 Å². The first-order valence-corrected chi connectivity index (χ1v) is 8.56. The molecule has 3 rings (SSSR count). The summed E-state index contributed by atoms with van der Waals surface area (Å²) in [5.74, 6) is 0.0715. The van der Waals surface area contributed by atoms with Crippen LogP contribution in [0.25, 0.3) is 0 Å². The SMILES string of the molecule is O=C(c1ccc(Cl)cc1Br)N1CCCC1c1ccsc1. The molecule has 1 unspecified atom stereocenters. The highest BCUT2D eigenvalue weighted by Gasteiger charge is 2.31. The van der Waals surface area contributed by atoms with Crippen molar-refractivity contribution in [3.05, 3.63) is 55.6 Å². The van der Waals surface area contributed by atoms with Gasteiger partial charge in [-0.05, 0) is 69.4 Å². The first-order valence-electron chi connectivity index (χ1n) is 6.45. The molecule has 2 heterocycles. The van der Waals surface area contributed by atoms with Crippen LogP contribution in [0.1, 0.15) is 34.8 Å². The third kappa shape index (κ3) is 2.65. The van der Waals surface area contributed by atoms with Gasteiger partial charge in [-0.3, -0.25) is 4.79 Å². The fourth-order valence-electron chi connectivity index (χ4n) is 2.64. The quantitative estimate of drug-likeness (QED) is 0.716. The second kappa shape index (κ2) is 5.88. The van der Waals surface area contributed by atoms with Crippen molar-refractivity contribution in [2.24, 2.45) is 0 Å². The van der Waals surface area contributed by atoms with Crippen molar-refractivity contribution in [2.45, 2.75) is 18.9 Å². The normalized spacial score (nSPS) is 18.5. The van der Waals surface area contributed by atoms with Gasteiger partial charge in [0.25, 0.3) is 5.91 Å². The minimum absolute atomic E-state index is 0.0715. The molecule has 1 aliphatic heterocycles. The van der Waals surface area contributed by atoms with Gasteiger partial charge in [0.2, 0.25) is 0 Å². The van der Waals surface area contributed by atoms with Crippen LogP contribution in [0.4, 0.5) is 0 Å². The number of benzene rings is 1. The average molecular weight is 371 g/mol. The fourth-order valence-corrected chi connectivity index (χ4v) is 4.20. The summed E-state index contributed by atoms with van der Waals surface area (Å²) in [6.07, 6.45) is 2.09. The number of likely N-dealkylation sites (tertiary alicyclic amines) is 1. The monoisotopic (exact) mass is 369 g/mol. The third-order valence-electron chi connectivity index (χ3n) is 3.60. The molecular weight excluding hydrogens is 358 g/mol. The molecule has 1 fully saturated rings. The van der Waals surface area contributed by atoms with Crippen LogP contribution >= 0.6 is 38.9 Å². The van der Waals surface area contributed by atoms with Crippen LogP contribution in [0.3, 0.4) is 0 Å². The van der Waals surface area contributed by atoms with Crippen LogP contribution in [0, 0.1) is 0 Å². The van der Waals surface area contributed by atoms with E-state index in [0.717, 1.165) is 23.9 Å². The Morgan fingerprint density at radius 2 is 2.25 bits per heavy atom. The first-order chi connectivity index (χ1) is 9.66. The summed E-state index contributed by atoms with van der Waals surface area (Å²) in [6.45, 7) is 0.814. The zero-order valence-electron chi connectivity index (χ0n) is 10.7. The molecule has 0 bridgehead atoms. The Labute approximate surface area is 135 Å². The molecule has 1 aromatic carbocycles. The van der Waals surface area contributed by atoms with Crippen LogP contribution < -0.4 is 0 Å². The number of halogens is 2. The van der Waals surface area contributed by atoms with Gasteiger partial charge in [-0.2, -0.15) is 11.3 Å². The summed E-state index contributed by atoms with van der Waals surface area (Å²) in [4.78, 5) is 14.7. The molecule has 1 saturated heterocycles. The van der Waals surface area contributed by atoms with Gasteiger partial charge < -0.3 is 4.90 Å². The molecule has 0 saturated carbocycles. The van der Waals surface area contributed by atoms with E-state index in [1.165, 1.54) is 5.56 Å². The van der Waals surface area contributed by atoms with E-state index in [1.807, 2.05) is 4.90 Å².